The van der Waals surface area contributed by atoms with Gasteiger partial charge < -0.3 is 19.6 Å². The van der Waals surface area contributed by atoms with Crippen LogP contribution in [0, 0.1) is 6.92 Å². The molecule has 0 spiro atoms. The first-order valence-corrected chi connectivity index (χ1v) is 7.15. The number of aromatic nitrogens is 1. The molecule has 1 saturated heterocycles. The van der Waals surface area contributed by atoms with Crippen molar-refractivity contribution >= 4 is 11.9 Å². The van der Waals surface area contributed by atoms with Crippen LogP contribution in [0.1, 0.15) is 26.3 Å². The van der Waals surface area contributed by atoms with Gasteiger partial charge in [-0.1, -0.05) is 0 Å². The summed E-state index contributed by atoms with van der Waals surface area (Å²) in [7, 11) is 0. The van der Waals surface area contributed by atoms with E-state index in [9.17, 15) is 9.90 Å². The molecule has 21 heavy (non-hydrogen) atoms. The fourth-order valence-electron chi connectivity index (χ4n) is 2.15. The quantitative estimate of drug-likeness (QED) is 0.859. The van der Waals surface area contributed by atoms with Crippen molar-refractivity contribution in [2.24, 2.45) is 0 Å². The minimum Gasteiger partial charge on any atom is -0.506 e. The summed E-state index contributed by atoms with van der Waals surface area (Å²) in [6, 6.07) is 1.86. The second-order valence-corrected chi connectivity index (χ2v) is 6.28. The molecule has 0 bridgehead atoms. The third kappa shape index (κ3) is 4.00. The summed E-state index contributed by atoms with van der Waals surface area (Å²) in [5, 5.41) is 9.51. The molecule has 6 nitrogen and oxygen atoms in total. The van der Waals surface area contributed by atoms with Gasteiger partial charge in [0.05, 0.1) is 6.20 Å². The lowest BCUT2D eigenvalue weighted by molar-refractivity contribution is 0.0240. The first kappa shape index (κ1) is 15.4. The van der Waals surface area contributed by atoms with Crippen LogP contribution in [-0.4, -0.2) is 52.9 Å². The lowest BCUT2D eigenvalue weighted by Crippen LogP contribution is -2.50. The van der Waals surface area contributed by atoms with E-state index in [2.05, 4.69) is 9.88 Å². The van der Waals surface area contributed by atoms with Crippen LogP contribution in [0.25, 0.3) is 0 Å². The van der Waals surface area contributed by atoms with E-state index in [-0.39, 0.29) is 11.8 Å². The van der Waals surface area contributed by atoms with Crippen LogP contribution in [0.4, 0.5) is 10.6 Å². The van der Waals surface area contributed by atoms with E-state index in [1.807, 2.05) is 33.8 Å². The highest BCUT2D eigenvalue weighted by Crippen LogP contribution is 2.21. The summed E-state index contributed by atoms with van der Waals surface area (Å²) in [4.78, 5) is 20.0. The van der Waals surface area contributed by atoms with Crippen molar-refractivity contribution in [1.82, 2.24) is 9.88 Å². The minimum absolute atomic E-state index is 0.200. The molecule has 1 aromatic heterocycles. The van der Waals surface area contributed by atoms with Crippen molar-refractivity contribution in [3.05, 3.63) is 17.8 Å². The molecule has 2 rings (SSSR count). The maximum absolute atomic E-state index is 12.0. The van der Waals surface area contributed by atoms with Crippen LogP contribution >= 0.6 is 0 Å². The minimum atomic E-state index is -0.468. The number of hydrogen-bond donors (Lipinski definition) is 1. The van der Waals surface area contributed by atoms with Gasteiger partial charge in [-0.3, -0.25) is 0 Å². The third-order valence-corrected chi connectivity index (χ3v) is 3.32. The molecule has 1 aliphatic heterocycles. The Morgan fingerprint density at radius 1 is 1.29 bits per heavy atom. The highest BCUT2D eigenvalue weighted by atomic mass is 16.6. The Morgan fingerprint density at radius 3 is 2.43 bits per heavy atom. The number of hydrogen-bond acceptors (Lipinski definition) is 5. The number of rotatable bonds is 1. The smallest absolute Gasteiger partial charge is 0.410 e. The van der Waals surface area contributed by atoms with Gasteiger partial charge in [-0.05, 0) is 39.3 Å². The van der Waals surface area contributed by atoms with E-state index in [0.717, 1.165) is 11.4 Å². The van der Waals surface area contributed by atoms with Gasteiger partial charge in [-0.2, -0.15) is 0 Å². The number of pyridine rings is 1. The van der Waals surface area contributed by atoms with E-state index < -0.39 is 5.60 Å². The molecule has 1 N–H and O–H groups in total. The van der Waals surface area contributed by atoms with Crippen LogP contribution < -0.4 is 4.90 Å². The standard InChI is InChI=1S/C15H23N3O3/c1-11-9-13(16-10-12(11)19)17-5-7-18(8-6-17)14(20)21-15(2,3)4/h9-10,19H,5-8H2,1-4H3. The van der Waals surface area contributed by atoms with E-state index in [0.29, 0.717) is 26.2 Å². The summed E-state index contributed by atoms with van der Waals surface area (Å²) in [6.07, 6.45) is 1.20. The zero-order valence-corrected chi connectivity index (χ0v) is 13.1. The van der Waals surface area contributed by atoms with Gasteiger partial charge in [-0.15, -0.1) is 0 Å². The Labute approximate surface area is 125 Å². The molecular formula is C15H23N3O3. The average Bonchev–Trinajstić information content (AvgIpc) is 2.40. The van der Waals surface area contributed by atoms with Gasteiger partial charge >= 0.3 is 6.09 Å². The molecule has 116 valence electrons. The highest BCUT2D eigenvalue weighted by Gasteiger charge is 2.26. The summed E-state index contributed by atoms with van der Waals surface area (Å²) in [5.41, 5.74) is 0.332. The Kier molecular flexibility index (Phi) is 4.25. The number of piperazine rings is 1. The fourth-order valence-corrected chi connectivity index (χ4v) is 2.15. The number of anilines is 1. The number of nitrogens with zero attached hydrogens (tertiary/aromatic N) is 3. The Balaban J connectivity index is 1.94. The van der Waals surface area contributed by atoms with Gasteiger partial charge in [0.1, 0.15) is 17.2 Å². The Hall–Kier alpha value is -1.98. The van der Waals surface area contributed by atoms with Gasteiger partial charge in [0.15, 0.2) is 0 Å². The Morgan fingerprint density at radius 2 is 1.90 bits per heavy atom. The summed E-state index contributed by atoms with van der Waals surface area (Å²) in [6.45, 7) is 10.1. The number of carbonyl (C=O) groups is 1. The second kappa shape index (κ2) is 5.79. The number of aromatic hydroxyl groups is 1. The van der Waals surface area contributed by atoms with Gasteiger partial charge in [0.2, 0.25) is 0 Å². The molecule has 0 aromatic carbocycles. The molecule has 0 saturated carbocycles. The van der Waals surface area contributed by atoms with Gasteiger partial charge in [-0.25, -0.2) is 9.78 Å². The maximum atomic E-state index is 12.0. The highest BCUT2D eigenvalue weighted by molar-refractivity contribution is 5.68. The topological polar surface area (TPSA) is 65.9 Å². The van der Waals surface area contributed by atoms with Crippen molar-refractivity contribution in [3.8, 4) is 5.75 Å². The maximum Gasteiger partial charge on any atom is 0.410 e. The van der Waals surface area contributed by atoms with E-state index in [1.165, 1.54) is 6.20 Å². The first-order chi connectivity index (χ1) is 9.76. The SMILES string of the molecule is Cc1cc(N2CCN(C(=O)OC(C)(C)C)CC2)ncc1O. The fraction of sp³-hybridized carbons (Fsp3) is 0.600. The van der Waals surface area contributed by atoms with Gasteiger partial charge in [0, 0.05) is 26.2 Å². The molecule has 0 unspecified atom stereocenters. The zero-order chi connectivity index (χ0) is 15.6. The van der Waals surface area contributed by atoms with Gasteiger partial charge in [0.25, 0.3) is 0 Å². The van der Waals surface area contributed by atoms with Crippen LogP contribution in [-0.2, 0) is 4.74 Å². The summed E-state index contributed by atoms with van der Waals surface area (Å²) in [5.74, 6) is 1.03. The van der Waals surface area contributed by atoms with Crippen LogP contribution in [0.15, 0.2) is 12.3 Å². The third-order valence-electron chi connectivity index (χ3n) is 3.32. The first-order valence-electron chi connectivity index (χ1n) is 7.15. The van der Waals surface area contributed by atoms with Crippen LogP contribution in [0.3, 0.4) is 0 Å². The largest absolute Gasteiger partial charge is 0.506 e. The number of ether oxygens (including phenoxy) is 1. The zero-order valence-electron chi connectivity index (χ0n) is 13.1. The number of carbonyl (C=O) groups excluding carboxylic acids is 1. The molecule has 6 heteroatoms. The molecule has 0 atom stereocenters. The molecule has 0 radical (unpaired) electrons. The predicted molar refractivity (Wildman–Crippen MR) is 80.7 cm³/mol. The van der Waals surface area contributed by atoms with Crippen molar-refractivity contribution < 1.29 is 14.6 Å². The summed E-state index contributed by atoms with van der Waals surface area (Å²) >= 11 is 0. The van der Waals surface area contributed by atoms with Crippen LogP contribution in [0.2, 0.25) is 0 Å². The van der Waals surface area contributed by atoms with E-state index >= 15 is 0 Å². The van der Waals surface area contributed by atoms with E-state index in [1.54, 1.807) is 4.90 Å². The predicted octanol–water partition coefficient (Wildman–Crippen LogP) is 2.15. The number of aryl methyl sites for hydroxylation is 1. The van der Waals surface area contributed by atoms with Crippen molar-refractivity contribution in [2.45, 2.75) is 33.3 Å². The van der Waals surface area contributed by atoms with Crippen LogP contribution in [0.5, 0.6) is 5.75 Å². The van der Waals surface area contributed by atoms with Crippen molar-refractivity contribution in [2.75, 3.05) is 31.1 Å². The molecule has 2 heterocycles. The molecular weight excluding hydrogens is 270 g/mol. The number of amides is 1. The van der Waals surface area contributed by atoms with E-state index in [4.69, 9.17) is 4.74 Å². The second-order valence-electron chi connectivity index (χ2n) is 6.28. The average molecular weight is 293 g/mol. The monoisotopic (exact) mass is 293 g/mol. The lowest BCUT2D eigenvalue weighted by atomic mass is 10.2. The Bertz CT molecular complexity index is 517. The molecule has 1 amide bonds. The molecule has 0 aliphatic carbocycles. The lowest BCUT2D eigenvalue weighted by Gasteiger charge is -2.36. The molecule has 1 aliphatic rings. The molecule has 1 aromatic rings. The van der Waals surface area contributed by atoms with Crippen molar-refractivity contribution in [3.63, 3.8) is 0 Å². The van der Waals surface area contributed by atoms with Crippen molar-refractivity contribution in [1.29, 1.82) is 0 Å². The summed E-state index contributed by atoms with van der Waals surface area (Å²) < 4.78 is 5.37. The normalized spacial score (nSPS) is 16.0. The molecule has 1 fully saturated rings.